The van der Waals surface area contributed by atoms with Crippen molar-refractivity contribution in [2.24, 2.45) is 0 Å². The molecule has 2 amide bonds. The third-order valence-corrected chi connectivity index (χ3v) is 3.81. The molecular weight excluding hydrogens is 309 g/mol. The van der Waals surface area contributed by atoms with Gasteiger partial charge in [0, 0.05) is 13.1 Å². The Labute approximate surface area is 131 Å². The first kappa shape index (κ1) is 15.5. The molecule has 1 aromatic carbocycles. The number of nitrogens with one attached hydrogen (secondary N) is 1. The van der Waals surface area contributed by atoms with E-state index in [0.717, 1.165) is 4.90 Å². The molecule has 0 spiro atoms. The molecule has 0 bridgehead atoms. The van der Waals surface area contributed by atoms with E-state index in [1.165, 1.54) is 11.5 Å². The maximum atomic E-state index is 14.4. The number of carbonyl (C=O) groups excluding carboxylic acids is 2. The Balaban J connectivity index is 1.77. The monoisotopic (exact) mass is 325 g/mol. The zero-order valence-corrected chi connectivity index (χ0v) is 12.2. The van der Waals surface area contributed by atoms with E-state index in [1.807, 2.05) is 4.90 Å². The summed E-state index contributed by atoms with van der Waals surface area (Å²) in [6.07, 6.45) is -1.90. The van der Waals surface area contributed by atoms with E-state index in [4.69, 9.17) is 14.7 Å². The summed E-state index contributed by atoms with van der Waals surface area (Å²) >= 11 is 0. The largest absolute Gasteiger partial charge is 0.434 e. The molecule has 1 unspecified atom stereocenters. The van der Waals surface area contributed by atoms with Gasteiger partial charge in [0.2, 0.25) is 6.10 Å². The maximum absolute atomic E-state index is 14.4. The topological polar surface area (TPSA) is 91.3 Å². The van der Waals surface area contributed by atoms with Crippen LogP contribution in [0.25, 0.3) is 0 Å². The minimum absolute atomic E-state index is 0.0957. The summed E-state index contributed by atoms with van der Waals surface area (Å²) in [6, 6.07) is 4.41. The first-order valence-electron chi connectivity index (χ1n) is 7.14. The van der Waals surface area contributed by atoms with Crippen molar-refractivity contribution in [3.63, 3.8) is 0 Å². The van der Waals surface area contributed by atoms with E-state index in [0.29, 0.717) is 32.0 Å². The molecule has 9 heteroatoms. The second-order valence-electron chi connectivity index (χ2n) is 5.19. The van der Waals surface area contributed by atoms with E-state index in [2.05, 4.69) is 0 Å². The molecule has 23 heavy (non-hydrogen) atoms. The van der Waals surface area contributed by atoms with Gasteiger partial charge in [-0.3, -0.25) is 14.9 Å². The molecule has 2 fully saturated rings. The van der Waals surface area contributed by atoms with Crippen LogP contribution in [-0.4, -0.2) is 56.2 Å². The highest BCUT2D eigenvalue weighted by atomic mass is 19.1. The highest BCUT2D eigenvalue weighted by Crippen LogP contribution is 2.28. The summed E-state index contributed by atoms with van der Waals surface area (Å²) in [6.45, 7) is 2.18. The normalized spacial score (nSPS) is 21.3. The first-order chi connectivity index (χ1) is 11.1. The number of cyclic esters (lactones) is 1. The lowest BCUT2D eigenvalue weighted by atomic mass is 10.2. The third-order valence-electron chi connectivity index (χ3n) is 3.81. The van der Waals surface area contributed by atoms with Gasteiger partial charge in [0.1, 0.15) is 5.82 Å². The molecule has 0 saturated carbocycles. The van der Waals surface area contributed by atoms with Gasteiger partial charge >= 0.3 is 6.09 Å². The lowest BCUT2D eigenvalue weighted by Gasteiger charge is -2.29. The number of amides is 2. The minimum Gasteiger partial charge on any atom is -0.434 e. The number of carbonyl (C=O) groups is 2. The lowest BCUT2D eigenvalue weighted by molar-refractivity contribution is -0.136. The second kappa shape index (κ2) is 6.39. The standard InChI is InChI=1S/C14H16FN3O5/c15-10-7-9(1-2-11(10)17-3-5-22-6-4-17)18-8-12(13(19)16-21)23-14(18)20/h1-2,7,12,21H,3-6,8H2,(H,16,19). The molecule has 0 aromatic heterocycles. The number of morpholine rings is 1. The maximum Gasteiger partial charge on any atom is 0.415 e. The number of anilines is 2. The highest BCUT2D eigenvalue weighted by molar-refractivity contribution is 5.95. The van der Waals surface area contributed by atoms with Gasteiger partial charge in [0.05, 0.1) is 31.1 Å². The van der Waals surface area contributed by atoms with Crippen molar-refractivity contribution in [2.75, 3.05) is 42.6 Å². The fraction of sp³-hybridized carbons (Fsp3) is 0.429. The van der Waals surface area contributed by atoms with Crippen LogP contribution in [0, 0.1) is 5.82 Å². The molecule has 1 atom stereocenters. The molecule has 8 nitrogen and oxygen atoms in total. The molecular formula is C14H16FN3O5. The van der Waals surface area contributed by atoms with Gasteiger partial charge in [-0.05, 0) is 18.2 Å². The van der Waals surface area contributed by atoms with Crippen molar-refractivity contribution in [3.8, 4) is 0 Å². The molecule has 3 rings (SSSR count). The van der Waals surface area contributed by atoms with Crippen molar-refractivity contribution in [3.05, 3.63) is 24.0 Å². The van der Waals surface area contributed by atoms with E-state index in [-0.39, 0.29) is 12.2 Å². The number of benzene rings is 1. The van der Waals surface area contributed by atoms with Crippen LogP contribution < -0.4 is 15.3 Å². The fourth-order valence-electron chi connectivity index (χ4n) is 2.61. The number of ether oxygens (including phenoxy) is 2. The number of nitrogens with zero attached hydrogens (tertiary/aromatic N) is 2. The second-order valence-corrected chi connectivity index (χ2v) is 5.19. The zero-order valence-electron chi connectivity index (χ0n) is 12.2. The predicted octanol–water partition coefficient (Wildman–Crippen LogP) is 0.493. The number of hydrogen-bond donors (Lipinski definition) is 2. The zero-order chi connectivity index (χ0) is 16.4. The third kappa shape index (κ3) is 3.06. The van der Waals surface area contributed by atoms with Gasteiger partial charge in [-0.1, -0.05) is 0 Å². The Morgan fingerprint density at radius 1 is 1.35 bits per heavy atom. The van der Waals surface area contributed by atoms with Crippen LogP contribution in [0.1, 0.15) is 0 Å². The summed E-state index contributed by atoms with van der Waals surface area (Å²) in [7, 11) is 0. The lowest BCUT2D eigenvalue weighted by Crippen LogP contribution is -2.37. The Kier molecular flexibility index (Phi) is 4.30. The van der Waals surface area contributed by atoms with Crippen molar-refractivity contribution in [1.82, 2.24) is 5.48 Å². The smallest absolute Gasteiger partial charge is 0.415 e. The first-order valence-corrected chi connectivity index (χ1v) is 7.14. The Morgan fingerprint density at radius 2 is 2.09 bits per heavy atom. The Morgan fingerprint density at radius 3 is 2.74 bits per heavy atom. The van der Waals surface area contributed by atoms with Crippen LogP contribution in [0.3, 0.4) is 0 Å². The average Bonchev–Trinajstić information content (AvgIpc) is 2.96. The van der Waals surface area contributed by atoms with Gasteiger partial charge in [-0.15, -0.1) is 0 Å². The SMILES string of the molecule is O=C(NO)C1CN(c2ccc(N3CCOCC3)c(F)c2)C(=O)O1. The number of hydroxylamine groups is 1. The number of halogens is 1. The minimum atomic E-state index is -1.13. The van der Waals surface area contributed by atoms with E-state index >= 15 is 0 Å². The van der Waals surface area contributed by atoms with E-state index in [1.54, 1.807) is 12.1 Å². The van der Waals surface area contributed by atoms with Crippen molar-refractivity contribution < 1.29 is 28.7 Å². The van der Waals surface area contributed by atoms with E-state index in [9.17, 15) is 14.0 Å². The summed E-state index contributed by atoms with van der Waals surface area (Å²) in [5.74, 6) is -1.29. The average molecular weight is 325 g/mol. The Hall–Kier alpha value is -2.39. The summed E-state index contributed by atoms with van der Waals surface area (Å²) in [5, 5.41) is 8.58. The number of rotatable bonds is 3. The highest BCUT2D eigenvalue weighted by Gasteiger charge is 2.37. The fourth-order valence-corrected chi connectivity index (χ4v) is 2.61. The molecule has 2 saturated heterocycles. The molecule has 124 valence electrons. The van der Waals surface area contributed by atoms with Crippen LogP contribution in [0.15, 0.2) is 18.2 Å². The summed E-state index contributed by atoms with van der Waals surface area (Å²) in [5.41, 5.74) is 2.16. The van der Waals surface area contributed by atoms with Gasteiger partial charge in [0.25, 0.3) is 5.91 Å². The van der Waals surface area contributed by atoms with Crippen LogP contribution in [0.2, 0.25) is 0 Å². The molecule has 0 aliphatic carbocycles. The predicted molar refractivity (Wildman–Crippen MR) is 77.0 cm³/mol. The molecule has 0 radical (unpaired) electrons. The quantitative estimate of drug-likeness (QED) is 0.621. The van der Waals surface area contributed by atoms with Crippen LogP contribution in [-0.2, 0) is 14.3 Å². The molecule has 2 heterocycles. The van der Waals surface area contributed by atoms with Crippen LogP contribution in [0.5, 0.6) is 0 Å². The van der Waals surface area contributed by atoms with Gasteiger partial charge in [-0.25, -0.2) is 14.7 Å². The van der Waals surface area contributed by atoms with Gasteiger partial charge < -0.3 is 14.4 Å². The molecule has 2 N–H and O–H groups in total. The Bertz CT molecular complexity index is 620. The molecule has 2 aliphatic heterocycles. The van der Waals surface area contributed by atoms with Crippen LogP contribution >= 0.6 is 0 Å². The summed E-state index contributed by atoms with van der Waals surface area (Å²) in [4.78, 5) is 26.1. The van der Waals surface area contributed by atoms with Crippen molar-refractivity contribution >= 4 is 23.4 Å². The van der Waals surface area contributed by atoms with Crippen LogP contribution in [0.4, 0.5) is 20.6 Å². The van der Waals surface area contributed by atoms with Crippen molar-refractivity contribution in [1.29, 1.82) is 0 Å². The van der Waals surface area contributed by atoms with E-state index < -0.39 is 23.9 Å². The van der Waals surface area contributed by atoms with Gasteiger partial charge in [0.15, 0.2) is 0 Å². The van der Waals surface area contributed by atoms with Gasteiger partial charge in [-0.2, -0.15) is 0 Å². The molecule has 1 aromatic rings. The molecule has 2 aliphatic rings. The summed E-state index contributed by atoms with van der Waals surface area (Å²) < 4.78 is 24.4. The van der Waals surface area contributed by atoms with Crippen molar-refractivity contribution in [2.45, 2.75) is 6.10 Å². The number of hydrogen-bond acceptors (Lipinski definition) is 6.